The third-order valence-electron chi connectivity index (χ3n) is 2.15. The lowest BCUT2D eigenvalue weighted by Crippen LogP contribution is -1.96. The predicted octanol–water partition coefficient (Wildman–Crippen LogP) is 2.98. The van der Waals surface area contributed by atoms with Gasteiger partial charge in [-0.05, 0) is 12.1 Å². The van der Waals surface area contributed by atoms with E-state index in [0.717, 1.165) is 5.56 Å². The van der Waals surface area contributed by atoms with E-state index in [2.05, 4.69) is 5.10 Å². The summed E-state index contributed by atoms with van der Waals surface area (Å²) in [5.41, 5.74) is 7.29. The highest BCUT2D eigenvalue weighted by molar-refractivity contribution is 6.35. The molecule has 0 aliphatic carbocycles. The van der Waals surface area contributed by atoms with Gasteiger partial charge in [0, 0.05) is 17.6 Å². The Morgan fingerprint density at radius 1 is 1.20 bits per heavy atom. The average Bonchev–Trinajstić information content (AvgIpc) is 2.47. The van der Waals surface area contributed by atoms with Crippen molar-refractivity contribution in [2.75, 3.05) is 5.73 Å². The van der Waals surface area contributed by atoms with Gasteiger partial charge in [-0.1, -0.05) is 35.3 Å². The number of halogens is 2. The summed E-state index contributed by atoms with van der Waals surface area (Å²) in [6, 6.07) is 7.29. The number of nitrogens with zero attached hydrogens (tertiary/aromatic N) is 2. The summed E-state index contributed by atoms with van der Waals surface area (Å²) >= 11 is 11.8. The smallest absolute Gasteiger partial charge is 0.140 e. The molecule has 0 saturated carbocycles. The van der Waals surface area contributed by atoms with Crippen molar-refractivity contribution in [3.05, 3.63) is 34.3 Å². The van der Waals surface area contributed by atoms with Gasteiger partial charge in [0.2, 0.25) is 0 Å². The largest absolute Gasteiger partial charge is 0.383 e. The number of rotatable bonds is 1. The number of anilines is 1. The molecule has 0 radical (unpaired) electrons. The van der Waals surface area contributed by atoms with Gasteiger partial charge in [-0.15, -0.1) is 0 Å². The fraction of sp³-hybridized carbons (Fsp3) is 0.100. The first-order valence-electron chi connectivity index (χ1n) is 4.33. The third-order valence-corrected chi connectivity index (χ3v) is 2.77. The minimum atomic E-state index is 0.460. The minimum absolute atomic E-state index is 0.460. The summed E-state index contributed by atoms with van der Waals surface area (Å²) < 4.78 is 1.55. The molecule has 0 atom stereocenters. The molecule has 3 nitrogen and oxygen atoms in total. The van der Waals surface area contributed by atoms with Gasteiger partial charge in [0.1, 0.15) is 16.5 Å². The molecule has 0 amide bonds. The van der Waals surface area contributed by atoms with Crippen molar-refractivity contribution >= 4 is 29.0 Å². The maximum atomic E-state index is 6.05. The van der Waals surface area contributed by atoms with Gasteiger partial charge in [-0.25, -0.2) is 0 Å². The van der Waals surface area contributed by atoms with Crippen LogP contribution in [0.25, 0.3) is 11.3 Å². The first-order valence-corrected chi connectivity index (χ1v) is 5.09. The molecule has 2 N–H and O–H groups in total. The second kappa shape index (κ2) is 3.76. The van der Waals surface area contributed by atoms with Crippen molar-refractivity contribution in [2.45, 2.75) is 0 Å². The minimum Gasteiger partial charge on any atom is -0.383 e. The standard InChI is InChI=1S/C10H9Cl2N3/c1-15-10(13)8(12)9(14-15)6-2-4-7(11)5-3-6/h2-5H,13H2,1H3. The zero-order valence-corrected chi connectivity index (χ0v) is 9.55. The summed E-state index contributed by atoms with van der Waals surface area (Å²) in [5.74, 6) is 0.460. The van der Waals surface area contributed by atoms with E-state index in [1.165, 1.54) is 0 Å². The molecule has 0 saturated heterocycles. The number of nitrogens with two attached hydrogens (primary N) is 1. The molecule has 2 aromatic rings. The van der Waals surface area contributed by atoms with Crippen molar-refractivity contribution < 1.29 is 0 Å². The van der Waals surface area contributed by atoms with Crippen molar-refractivity contribution in [3.63, 3.8) is 0 Å². The van der Waals surface area contributed by atoms with E-state index in [0.29, 0.717) is 21.6 Å². The summed E-state index contributed by atoms with van der Waals surface area (Å²) in [5, 5.41) is 5.38. The molecule has 5 heteroatoms. The van der Waals surface area contributed by atoms with Crippen molar-refractivity contribution in [1.29, 1.82) is 0 Å². The highest BCUT2D eigenvalue weighted by atomic mass is 35.5. The van der Waals surface area contributed by atoms with E-state index in [1.54, 1.807) is 23.9 Å². The Labute approximate surface area is 97.4 Å². The lowest BCUT2D eigenvalue weighted by molar-refractivity contribution is 0.782. The Hall–Kier alpha value is -1.19. The monoisotopic (exact) mass is 241 g/mol. The van der Waals surface area contributed by atoms with Gasteiger partial charge in [-0.2, -0.15) is 5.10 Å². The van der Waals surface area contributed by atoms with Crippen molar-refractivity contribution in [1.82, 2.24) is 9.78 Å². The summed E-state index contributed by atoms with van der Waals surface area (Å²) in [6.45, 7) is 0. The molecule has 1 aromatic carbocycles. The topological polar surface area (TPSA) is 43.8 Å². The molecular weight excluding hydrogens is 233 g/mol. The van der Waals surface area contributed by atoms with Crippen LogP contribution in [0.15, 0.2) is 24.3 Å². The number of hydrogen-bond acceptors (Lipinski definition) is 2. The summed E-state index contributed by atoms with van der Waals surface area (Å²) in [4.78, 5) is 0. The van der Waals surface area contributed by atoms with Crippen LogP contribution in [-0.4, -0.2) is 9.78 Å². The van der Waals surface area contributed by atoms with E-state index in [4.69, 9.17) is 28.9 Å². The van der Waals surface area contributed by atoms with Gasteiger partial charge in [0.25, 0.3) is 0 Å². The van der Waals surface area contributed by atoms with E-state index >= 15 is 0 Å². The van der Waals surface area contributed by atoms with Crippen molar-refractivity contribution in [3.8, 4) is 11.3 Å². The fourth-order valence-corrected chi connectivity index (χ4v) is 1.70. The molecular formula is C10H9Cl2N3. The molecule has 78 valence electrons. The maximum absolute atomic E-state index is 6.05. The van der Waals surface area contributed by atoms with Crippen LogP contribution >= 0.6 is 23.2 Å². The van der Waals surface area contributed by atoms with E-state index in [9.17, 15) is 0 Å². The van der Waals surface area contributed by atoms with Crippen molar-refractivity contribution in [2.24, 2.45) is 7.05 Å². The number of nitrogen functional groups attached to an aromatic ring is 1. The van der Waals surface area contributed by atoms with Crippen LogP contribution in [0.3, 0.4) is 0 Å². The molecule has 0 aliphatic rings. The Kier molecular flexibility index (Phi) is 2.59. The highest BCUT2D eigenvalue weighted by Gasteiger charge is 2.12. The Bertz CT molecular complexity index is 488. The number of aryl methyl sites for hydroxylation is 1. The Morgan fingerprint density at radius 3 is 2.27 bits per heavy atom. The SMILES string of the molecule is Cn1nc(-c2ccc(Cl)cc2)c(Cl)c1N. The van der Waals surface area contributed by atoms with E-state index in [1.807, 2.05) is 12.1 Å². The van der Waals surface area contributed by atoms with Crippen LogP contribution in [0.5, 0.6) is 0 Å². The van der Waals surface area contributed by atoms with Crippen LogP contribution in [0, 0.1) is 0 Å². The molecule has 1 aromatic heterocycles. The Balaban J connectivity index is 2.54. The quantitative estimate of drug-likeness (QED) is 0.835. The van der Waals surface area contributed by atoms with Crippen LogP contribution in [0.2, 0.25) is 10.0 Å². The van der Waals surface area contributed by atoms with Gasteiger partial charge < -0.3 is 5.73 Å². The molecule has 0 spiro atoms. The van der Waals surface area contributed by atoms with Crippen LogP contribution in [0.4, 0.5) is 5.82 Å². The number of aromatic nitrogens is 2. The molecule has 1 heterocycles. The predicted molar refractivity (Wildman–Crippen MR) is 63.1 cm³/mol. The molecule has 0 aliphatic heterocycles. The zero-order valence-electron chi connectivity index (χ0n) is 8.04. The van der Waals surface area contributed by atoms with Crippen LogP contribution in [0.1, 0.15) is 0 Å². The highest BCUT2D eigenvalue weighted by Crippen LogP contribution is 2.31. The van der Waals surface area contributed by atoms with Gasteiger partial charge in [-0.3, -0.25) is 4.68 Å². The first-order chi connectivity index (χ1) is 7.09. The summed E-state index contributed by atoms with van der Waals surface area (Å²) in [6.07, 6.45) is 0. The first kappa shape index (κ1) is 10.3. The van der Waals surface area contributed by atoms with Gasteiger partial charge in [0.05, 0.1) is 0 Å². The van der Waals surface area contributed by atoms with Crippen LogP contribution < -0.4 is 5.73 Å². The number of hydrogen-bond donors (Lipinski definition) is 1. The van der Waals surface area contributed by atoms with Gasteiger partial charge >= 0.3 is 0 Å². The fourth-order valence-electron chi connectivity index (χ4n) is 1.30. The number of benzene rings is 1. The normalized spacial score (nSPS) is 10.6. The third kappa shape index (κ3) is 1.80. The second-order valence-corrected chi connectivity index (χ2v) is 3.99. The Morgan fingerprint density at radius 2 is 1.80 bits per heavy atom. The maximum Gasteiger partial charge on any atom is 0.140 e. The lowest BCUT2D eigenvalue weighted by Gasteiger charge is -1.97. The molecule has 15 heavy (non-hydrogen) atoms. The van der Waals surface area contributed by atoms with E-state index < -0.39 is 0 Å². The van der Waals surface area contributed by atoms with Gasteiger partial charge in [0.15, 0.2) is 0 Å². The van der Waals surface area contributed by atoms with E-state index in [-0.39, 0.29) is 0 Å². The summed E-state index contributed by atoms with van der Waals surface area (Å²) in [7, 11) is 1.75. The second-order valence-electron chi connectivity index (χ2n) is 3.18. The lowest BCUT2D eigenvalue weighted by atomic mass is 10.1. The molecule has 0 unspecified atom stereocenters. The van der Waals surface area contributed by atoms with Crippen LogP contribution in [-0.2, 0) is 7.05 Å². The molecule has 2 rings (SSSR count). The average molecular weight is 242 g/mol. The molecule has 0 fully saturated rings. The molecule has 0 bridgehead atoms. The zero-order chi connectivity index (χ0) is 11.0.